The van der Waals surface area contributed by atoms with Crippen molar-refractivity contribution in [2.75, 3.05) is 20.3 Å². The minimum atomic E-state index is -1.07. The summed E-state index contributed by atoms with van der Waals surface area (Å²) in [7, 11) is 1.51. The summed E-state index contributed by atoms with van der Waals surface area (Å²) >= 11 is 0. The van der Waals surface area contributed by atoms with Crippen LogP contribution in [0.4, 0.5) is 0 Å². The van der Waals surface area contributed by atoms with Crippen LogP contribution in [0, 0.1) is 0 Å². The summed E-state index contributed by atoms with van der Waals surface area (Å²) in [4.78, 5) is 29.0. The molecule has 1 heterocycles. The van der Waals surface area contributed by atoms with Crippen LogP contribution in [0.2, 0.25) is 0 Å². The first-order valence-corrected chi connectivity index (χ1v) is 14.0. The van der Waals surface area contributed by atoms with E-state index in [2.05, 4.69) is 5.32 Å². The van der Waals surface area contributed by atoms with Crippen molar-refractivity contribution >= 4 is 11.8 Å². The van der Waals surface area contributed by atoms with Crippen LogP contribution < -0.4 is 14.8 Å². The Labute approximate surface area is 224 Å². The number of rotatable bonds is 10. The molecule has 1 saturated carbocycles. The molecule has 9 heteroatoms. The van der Waals surface area contributed by atoms with E-state index in [9.17, 15) is 24.9 Å². The van der Waals surface area contributed by atoms with E-state index in [1.54, 1.807) is 18.2 Å². The molecule has 4 N–H and O–H groups in total. The van der Waals surface area contributed by atoms with Gasteiger partial charge in [-0.1, -0.05) is 39.0 Å². The summed E-state index contributed by atoms with van der Waals surface area (Å²) in [6, 6.07) is 2.71. The Bertz CT molecular complexity index is 1020. The van der Waals surface area contributed by atoms with E-state index in [0.29, 0.717) is 34.6 Å². The monoisotopic (exact) mass is 530 g/mol. The number of fused-ring (bicyclic) bond motifs is 3. The third kappa shape index (κ3) is 5.70. The highest BCUT2D eigenvalue weighted by Crippen LogP contribution is 2.51. The first kappa shape index (κ1) is 28.4. The molecule has 0 bridgehead atoms. The summed E-state index contributed by atoms with van der Waals surface area (Å²) in [5.74, 6) is -0.156. The molecule has 1 aromatic carbocycles. The number of benzene rings is 1. The summed E-state index contributed by atoms with van der Waals surface area (Å²) in [5, 5.41) is 33.7. The molecule has 2 amide bonds. The van der Waals surface area contributed by atoms with E-state index in [0.717, 1.165) is 51.4 Å². The molecule has 38 heavy (non-hydrogen) atoms. The molecule has 210 valence electrons. The third-order valence-electron chi connectivity index (χ3n) is 8.07. The first-order valence-electron chi connectivity index (χ1n) is 14.0. The Kier molecular flexibility index (Phi) is 9.68. The topological polar surface area (TPSA) is 129 Å². The first-order chi connectivity index (χ1) is 18.4. The summed E-state index contributed by atoms with van der Waals surface area (Å²) in [5.41, 5.74) is 1.64. The minimum Gasteiger partial charge on any atom is -0.493 e. The molecule has 1 aromatic rings. The summed E-state index contributed by atoms with van der Waals surface area (Å²) < 4.78 is 11.9. The zero-order valence-electron chi connectivity index (χ0n) is 22.5. The van der Waals surface area contributed by atoms with Crippen LogP contribution in [0.1, 0.15) is 81.8 Å². The van der Waals surface area contributed by atoms with Crippen molar-refractivity contribution in [3.8, 4) is 11.5 Å². The number of carbonyl (C=O) groups is 2. The number of unbranched alkanes of at least 4 members (excludes halogenated alkanes) is 1. The number of amides is 2. The van der Waals surface area contributed by atoms with Gasteiger partial charge in [0.25, 0.3) is 0 Å². The Morgan fingerprint density at radius 2 is 1.89 bits per heavy atom. The molecule has 0 radical (unpaired) electrons. The molecule has 0 spiro atoms. The standard InChI is InChI=1S/C29H42N2O7/c1-3-4-11-24(34)31(19-9-7-5-6-8-10-19)22-16-21(29(36)30-12-13-32)25-20-14-18(17-33)15-23(37-2)27(20)38-28(25)26(22)35/h14-16,19,22,25-26,28,32-33,35H,3-13,17H2,1-2H3,(H,30,36). The second-order valence-electron chi connectivity index (χ2n) is 10.6. The van der Waals surface area contributed by atoms with Crippen LogP contribution in [0.3, 0.4) is 0 Å². The van der Waals surface area contributed by atoms with Crippen molar-refractivity contribution in [2.45, 2.75) is 102 Å². The molecule has 1 aliphatic heterocycles. The molecule has 1 fully saturated rings. The highest BCUT2D eigenvalue weighted by atomic mass is 16.5. The zero-order chi connectivity index (χ0) is 27.2. The predicted molar refractivity (Wildman–Crippen MR) is 142 cm³/mol. The van der Waals surface area contributed by atoms with E-state index >= 15 is 0 Å². The van der Waals surface area contributed by atoms with Gasteiger partial charge in [-0.3, -0.25) is 9.59 Å². The van der Waals surface area contributed by atoms with Crippen molar-refractivity contribution in [3.63, 3.8) is 0 Å². The van der Waals surface area contributed by atoms with Gasteiger partial charge in [-0.2, -0.15) is 0 Å². The lowest BCUT2D eigenvalue weighted by Crippen LogP contribution is -2.58. The van der Waals surface area contributed by atoms with Crippen molar-refractivity contribution in [1.82, 2.24) is 10.2 Å². The number of hydrogen-bond acceptors (Lipinski definition) is 7. The molecular weight excluding hydrogens is 488 g/mol. The number of hydrogen-bond donors (Lipinski definition) is 4. The Balaban J connectivity index is 1.80. The quantitative estimate of drug-likeness (QED) is 0.342. The minimum absolute atomic E-state index is 0.0109. The Morgan fingerprint density at radius 1 is 1.16 bits per heavy atom. The van der Waals surface area contributed by atoms with Crippen molar-refractivity contribution in [3.05, 3.63) is 34.9 Å². The van der Waals surface area contributed by atoms with Gasteiger partial charge in [0.15, 0.2) is 11.5 Å². The van der Waals surface area contributed by atoms with Crippen LogP contribution in [0.5, 0.6) is 11.5 Å². The third-order valence-corrected chi connectivity index (χ3v) is 8.07. The van der Waals surface area contributed by atoms with Gasteiger partial charge in [0.05, 0.1) is 32.3 Å². The van der Waals surface area contributed by atoms with Crippen molar-refractivity contribution in [1.29, 1.82) is 0 Å². The molecule has 9 nitrogen and oxygen atoms in total. The Morgan fingerprint density at radius 3 is 2.53 bits per heavy atom. The number of aliphatic hydroxyl groups excluding tert-OH is 3. The van der Waals surface area contributed by atoms with Gasteiger partial charge in [0, 0.05) is 30.1 Å². The zero-order valence-corrected chi connectivity index (χ0v) is 22.5. The van der Waals surface area contributed by atoms with E-state index in [1.165, 1.54) is 7.11 Å². The number of carbonyl (C=O) groups excluding carboxylic acids is 2. The second-order valence-corrected chi connectivity index (χ2v) is 10.6. The lowest BCUT2D eigenvalue weighted by Gasteiger charge is -2.44. The fourth-order valence-electron chi connectivity index (χ4n) is 6.20. The van der Waals surface area contributed by atoms with Gasteiger partial charge < -0.3 is 35.0 Å². The van der Waals surface area contributed by atoms with E-state index in [4.69, 9.17) is 9.47 Å². The number of aliphatic hydroxyl groups is 3. The van der Waals surface area contributed by atoms with Gasteiger partial charge in [-0.15, -0.1) is 0 Å². The molecular formula is C29H42N2O7. The second kappa shape index (κ2) is 13.0. The molecule has 2 aliphatic carbocycles. The summed E-state index contributed by atoms with van der Waals surface area (Å²) in [6.45, 7) is 1.70. The largest absolute Gasteiger partial charge is 0.493 e. The van der Waals surface area contributed by atoms with Gasteiger partial charge in [-0.25, -0.2) is 0 Å². The van der Waals surface area contributed by atoms with Crippen molar-refractivity contribution < 1.29 is 34.4 Å². The maximum atomic E-state index is 13.7. The maximum Gasteiger partial charge on any atom is 0.247 e. The van der Waals surface area contributed by atoms with Gasteiger partial charge in [0.1, 0.15) is 12.2 Å². The van der Waals surface area contributed by atoms with Crippen LogP contribution in [0.15, 0.2) is 23.8 Å². The average Bonchev–Trinajstić information content (AvgIpc) is 3.11. The number of nitrogens with one attached hydrogen (secondary N) is 1. The van der Waals surface area contributed by atoms with E-state index in [1.807, 2.05) is 11.8 Å². The van der Waals surface area contributed by atoms with Crippen molar-refractivity contribution in [2.24, 2.45) is 0 Å². The molecule has 3 aliphatic rings. The molecule has 0 aromatic heterocycles. The molecule has 0 saturated heterocycles. The lowest BCUT2D eigenvalue weighted by molar-refractivity contribution is -0.141. The van der Waals surface area contributed by atoms with Crippen LogP contribution in [0.25, 0.3) is 0 Å². The van der Waals surface area contributed by atoms with E-state index in [-0.39, 0.29) is 37.6 Å². The number of ether oxygens (including phenoxy) is 2. The highest BCUT2D eigenvalue weighted by molar-refractivity contribution is 5.96. The van der Waals surface area contributed by atoms with Gasteiger partial charge in [0.2, 0.25) is 11.8 Å². The number of methoxy groups -OCH3 is 1. The van der Waals surface area contributed by atoms with Gasteiger partial charge in [-0.05, 0) is 43.0 Å². The van der Waals surface area contributed by atoms with Crippen LogP contribution in [-0.2, 0) is 16.2 Å². The van der Waals surface area contributed by atoms with Crippen LogP contribution >= 0.6 is 0 Å². The molecule has 4 unspecified atom stereocenters. The smallest absolute Gasteiger partial charge is 0.247 e. The normalized spacial score (nSPS) is 24.9. The fourth-order valence-corrected chi connectivity index (χ4v) is 6.20. The summed E-state index contributed by atoms with van der Waals surface area (Å²) in [6.07, 6.45) is 7.91. The predicted octanol–water partition coefficient (Wildman–Crippen LogP) is 2.55. The fraction of sp³-hybridized carbons (Fsp3) is 0.655. The molecule has 4 rings (SSSR count). The SMILES string of the molecule is CCCCC(=O)N(C1CCCCCC1)C1C=C(C(=O)NCCO)C2c3cc(CO)cc(OC)c3OC2C1O. The van der Waals surface area contributed by atoms with Gasteiger partial charge >= 0.3 is 0 Å². The maximum absolute atomic E-state index is 13.7. The number of nitrogens with zero attached hydrogens (tertiary/aromatic N) is 1. The molecule has 4 atom stereocenters. The highest BCUT2D eigenvalue weighted by Gasteiger charge is 2.52. The van der Waals surface area contributed by atoms with E-state index < -0.39 is 24.2 Å². The van der Waals surface area contributed by atoms with Crippen LogP contribution in [-0.4, -0.2) is 76.6 Å². The average molecular weight is 531 g/mol. The Hall–Kier alpha value is -2.62. The lowest BCUT2D eigenvalue weighted by atomic mass is 9.76.